The van der Waals surface area contributed by atoms with Gasteiger partial charge < -0.3 is 14.6 Å². The molecule has 0 radical (unpaired) electrons. The number of amides is 2. The predicted molar refractivity (Wildman–Crippen MR) is 105 cm³/mol. The Morgan fingerprint density at radius 1 is 1.21 bits per heavy atom. The molecule has 3 aromatic rings. The Labute approximate surface area is 166 Å². The van der Waals surface area contributed by atoms with Crippen molar-refractivity contribution in [3.8, 4) is 11.5 Å². The number of carbonyl (C=O) groups excluding carboxylic acids is 2. The molecule has 8 heteroatoms. The van der Waals surface area contributed by atoms with E-state index >= 15 is 0 Å². The molecule has 29 heavy (non-hydrogen) atoms. The third kappa shape index (κ3) is 3.73. The lowest BCUT2D eigenvalue weighted by Crippen LogP contribution is -2.28. The van der Waals surface area contributed by atoms with Crippen molar-refractivity contribution in [1.29, 1.82) is 0 Å². The van der Waals surface area contributed by atoms with Gasteiger partial charge in [-0.3, -0.25) is 9.59 Å². The highest BCUT2D eigenvalue weighted by Crippen LogP contribution is 2.30. The summed E-state index contributed by atoms with van der Waals surface area (Å²) >= 11 is 0. The minimum Gasteiger partial charge on any atom is -0.421 e. The summed E-state index contributed by atoms with van der Waals surface area (Å²) in [6, 6.07) is 11.7. The maximum atomic E-state index is 13.9. The predicted octanol–water partition coefficient (Wildman–Crippen LogP) is 3.48. The number of para-hydroxylation sites is 1. The molecule has 0 saturated carbocycles. The van der Waals surface area contributed by atoms with Crippen LogP contribution in [0.15, 0.2) is 46.9 Å². The monoisotopic (exact) mass is 394 g/mol. The standard InChI is InChI=1S/C21H19FN4O3/c1-12-7-8-15(10-17(12)22)26-11-14(9-19(26)27)20(28)23-18-6-4-3-5-16(18)21-25-24-13(2)29-21/h3-8,10,14H,9,11H2,1-2H3,(H,23,28). The van der Waals surface area contributed by atoms with Crippen LogP contribution in [0.1, 0.15) is 17.9 Å². The zero-order valence-electron chi connectivity index (χ0n) is 16.0. The average Bonchev–Trinajstić information content (AvgIpc) is 3.30. The molecule has 4 rings (SSSR count). The highest BCUT2D eigenvalue weighted by atomic mass is 19.1. The van der Waals surface area contributed by atoms with Crippen LogP contribution in [0.3, 0.4) is 0 Å². The molecule has 2 amide bonds. The number of halogens is 1. The molecule has 7 nitrogen and oxygen atoms in total. The van der Waals surface area contributed by atoms with Gasteiger partial charge in [0.15, 0.2) is 0 Å². The number of anilines is 2. The lowest BCUT2D eigenvalue weighted by atomic mass is 10.1. The molecule has 0 spiro atoms. The van der Waals surface area contributed by atoms with Gasteiger partial charge in [0.2, 0.25) is 23.6 Å². The maximum absolute atomic E-state index is 13.9. The van der Waals surface area contributed by atoms with Gasteiger partial charge in [-0.05, 0) is 36.8 Å². The number of nitrogens with one attached hydrogen (secondary N) is 1. The normalized spacial score (nSPS) is 16.3. The summed E-state index contributed by atoms with van der Waals surface area (Å²) < 4.78 is 19.3. The molecule has 2 aromatic carbocycles. The SMILES string of the molecule is Cc1nnc(-c2ccccc2NC(=O)C2CC(=O)N(c3ccc(C)c(F)c3)C2)o1. The summed E-state index contributed by atoms with van der Waals surface area (Å²) in [5.74, 6) is -0.719. The number of hydrogen-bond donors (Lipinski definition) is 1. The first-order valence-electron chi connectivity index (χ1n) is 9.19. The smallest absolute Gasteiger partial charge is 0.249 e. The highest BCUT2D eigenvalue weighted by molar-refractivity contribution is 6.04. The van der Waals surface area contributed by atoms with Gasteiger partial charge in [0, 0.05) is 25.6 Å². The number of rotatable bonds is 4. The molecule has 2 heterocycles. The Kier molecular flexibility index (Phi) is 4.84. The van der Waals surface area contributed by atoms with Crippen LogP contribution in [0.4, 0.5) is 15.8 Å². The van der Waals surface area contributed by atoms with Crippen molar-refractivity contribution in [3.63, 3.8) is 0 Å². The van der Waals surface area contributed by atoms with Crippen LogP contribution < -0.4 is 10.2 Å². The van der Waals surface area contributed by atoms with E-state index in [1.54, 1.807) is 50.2 Å². The summed E-state index contributed by atoms with van der Waals surface area (Å²) in [6.07, 6.45) is 0.0587. The van der Waals surface area contributed by atoms with Crippen LogP contribution in [0.2, 0.25) is 0 Å². The summed E-state index contributed by atoms with van der Waals surface area (Å²) in [5.41, 5.74) is 2.08. The zero-order valence-corrected chi connectivity index (χ0v) is 16.0. The number of carbonyl (C=O) groups is 2. The lowest BCUT2D eigenvalue weighted by Gasteiger charge is -2.17. The highest BCUT2D eigenvalue weighted by Gasteiger charge is 2.35. The van der Waals surface area contributed by atoms with E-state index in [0.717, 1.165) is 0 Å². The van der Waals surface area contributed by atoms with Crippen molar-refractivity contribution >= 4 is 23.2 Å². The van der Waals surface area contributed by atoms with Crippen LogP contribution in [-0.4, -0.2) is 28.6 Å². The fourth-order valence-electron chi connectivity index (χ4n) is 3.30. The van der Waals surface area contributed by atoms with E-state index in [0.29, 0.717) is 34.3 Å². The average molecular weight is 394 g/mol. The first kappa shape index (κ1) is 18.8. The zero-order chi connectivity index (χ0) is 20.5. The number of nitrogens with zero attached hydrogens (tertiary/aromatic N) is 3. The van der Waals surface area contributed by atoms with Crippen LogP contribution in [0.25, 0.3) is 11.5 Å². The van der Waals surface area contributed by atoms with Gasteiger partial charge in [0.25, 0.3) is 0 Å². The van der Waals surface area contributed by atoms with Gasteiger partial charge in [0.1, 0.15) is 5.82 Å². The fraction of sp³-hybridized carbons (Fsp3) is 0.238. The van der Waals surface area contributed by atoms with Crippen LogP contribution in [0, 0.1) is 25.6 Å². The van der Waals surface area contributed by atoms with Crippen molar-refractivity contribution in [2.75, 3.05) is 16.8 Å². The second-order valence-corrected chi connectivity index (χ2v) is 7.00. The second kappa shape index (κ2) is 7.46. The van der Waals surface area contributed by atoms with Crippen LogP contribution in [0.5, 0.6) is 0 Å². The quantitative estimate of drug-likeness (QED) is 0.732. The molecule has 148 valence electrons. The van der Waals surface area contributed by atoms with E-state index in [4.69, 9.17) is 4.42 Å². The molecule has 0 aliphatic carbocycles. The van der Waals surface area contributed by atoms with Crippen LogP contribution >= 0.6 is 0 Å². The Hall–Kier alpha value is -3.55. The topological polar surface area (TPSA) is 88.3 Å². The van der Waals surface area contributed by atoms with Crippen molar-refractivity contribution in [2.24, 2.45) is 5.92 Å². The summed E-state index contributed by atoms with van der Waals surface area (Å²) in [4.78, 5) is 26.7. The third-order valence-electron chi connectivity index (χ3n) is 4.90. The van der Waals surface area contributed by atoms with Gasteiger partial charge in [-0.15, -0.1) is 10.2 Å². The third-order valence-corrected chi connectivity index (χ3v) is 4.90. The largest absolute Gasteiger partial charge is 0.421 e. The van der Waals surface area contributed by atoms with Crippen LogP contribution in [-0.2, 0) is 9.59 Å². The number of hydrogen-bond acceptors (Lipinski definition) is 5. The van der Waals surface area contributed by atoms with Crippen molar-refractivity contribution < 1.29 is 18.4 Å². The number of aryl methyl sites for hydroxylation is 2. The van der Waals surface area contributed by atoms with E-state index in [9.17, 15) is 14.0 Å². The minimum atomic E-state index is -0.552. The molecule has 1 N–H and O–H groups in total. The number of benzene rings is 2. The molecule has 1 saturated heterocycles. The summed E-state index contributed by atoms with van der Waals surface area (Å²) in [7, 11) is 0. The maximum Gasteiger partial charge on any atom is 0.249 e. The molecule has 1 aromatic heterocycles. The summed E-state index contributed by atoms with van der Waals surface area (Å²) in [5, 5.41) is 10.7. The van der Waals surface area contributed by atoms with Gasteiger partial charge in [-0.1, -0.05) is 18.2 Å². The van der Waals surface area contributed by atoms with Gasteiger partial charge in [-0.2, -0.15) is 0 Å². The first-order chi connectivity index (χ1) is 13.9. The van der Waals surface area contributed by atoms with E-state index in [2.05, 4.69) is 15.5 Å². The molecule has 1 aliphatic heterocycles. The van der Waals surface area contributed by atoms with E-state index in [-0.39, 0.29) is 30.6 Å². The Morgan fingerprint density at radius 3 is 2.72 bits per heavy atom. The Balaban J connectivity index is 1.52. The van der Waals surface area contributed by atoms with E-state index in [1.807, 2.05) is 0 Å². The molecule has 1 aliphatic rings. The molecular formula is C21H19FN4O3. The van der Waals surface area contributed by atoms with E-state index in [1.165, 1.54) is 11.0 Å². The molecule has 1 fully saturated rings. The number of aromatic nitrogens is 2. The van der Waals surface area contributed by atoms with Crippen molar-refractivity contribution in [2.45, 2.75) is 20.3 Å². The van der Waals surface area contributed by atoms with Crippen molar-refractivity contribution in [3.05, 3.63) is 59.7 Å². The van der Waals surface area contributed by atoms with Gasteiger partial charge in [0.05, 0.1) is 17.2 Å². The summed E-state index contributed by atoms with van der Waals surface area (Å²) in [6.45, 7) is 3.53. The first-order valence-corrected chi connectivity index (χ1v) is 9.19. The Morgan fingerprint density at radius 2 is 2.00 bits per heavy atom. The van der Waals surface area contributed by atoms with Crippen molar-refractivity contribution in [1.82, 2.24) is 10.2 Å². The van der Waals surface area contributed by atoms with Gasteiger partial charge >= 0.3 is 0 Å². The van der Waals surface area contributed by atoms with E-state index < -0.39 is 5.92 Å². The minimum absolute atomic E-state index is 0.0587. The molecule has 1 unspecified atom stereocenters. The lowest BCUT2D eigenvalue weighted by molar-refractivity contribution is -0.122. The molecule has 1 atom stereocenters. The second-order valence-electron chi connectivity index (χ2n) is 7.00. The van der Waals surface area contributed by atoms with Gasteiger partial charge in [-0.25, -0.2) is 4.39 Å². The molecular weight excluding hydrogens is 375 g/mol. The Bertz CT molecular complexity index is 1100. The fourth-order valence-corrected chi connectivity index (χ4v) is 3.30. The molecule has 0 bridgehead atoms.